The van der Waals surface area contributed by atoms with Crippen molar-refractivity contribution < 1.29 is 24.5 Å². The van der Waals surface area contributed by atoms with Crippen molar-refractivity contribution in [3.8, 4) is 28.3 Å². The number of benzene rings is 5. The molecule has 51 heavy (non-hydrogen) atoms. The van der Waals surface area contributed by atoms with E-state index in [-0.39, 0.29) is 25.5 Å². The van der Waals surface area contributed by atoms with E-state index in [2.05, 4.69) is 125 Å². The number of furan rings is 1. The number of rotatable bonds is 5. The van der Waals surface area contributed by atoms with E-state index in [1.165, 1.54) is 22.4 Å². The van der Waals surface area contributed by atoms with Crippen LogP contribution in [0.25, 0.3) is 61.3 Å². The summed E-state index contributed by atoms with van der Waals surface area (Å²) in [5, 5.41) is 2.20. The zero-order valence-electron chi connectivity index (χ0n) is 30.3. The number of pyridine rings is 1. The monoisotopic (exact) mass is 846 g/mol. The number of fused-ring (bicyclic) bond motifs is 4. The maximum Gasteiger partial charge on any atom is 0.120 e. The summed E-state index contributed by atoms with van der Waals surface area (Å²) in [7, 11) is 0. The van der Waals surface area contributed by atoms with Gasteiger partial charge in [0.25, 0.3) is 0 Å². The Labute approximate surface area is 314 Å². The van der Waals surface area contributed by atoms with Gasteiger partial charge in [-0.25, -0.2) is 0 Å². The number of para-hydroxylation sites is 3. The van der Waals surface area contributed by atoms with Gasteiger partial charge >= 0.3 is 0 Å². The van der Waals surface area contributed by atoms with Crippen molar-refractivity contribution in [2.45, 2.75) is 65.7 Å². The molecule has 8 rings (SSSR count). The van der Waals surface area contributed by atoms with Crippen LogP contribution < -0.4 is 0 Å². The molecule has 0 fully saturated rings. The molecule has 0 aliphatic heterocycles. The molecule has 0 amide bonds. The van der Waals surface area contributed by atoms with Crippen LogP contribution in [0, 0.1) is 12.1 Å². The molecule has 4 nitrogen and oxygen atoms in total. The van der Waals surface area contributed by atoms with Gasteiger partial charge in [-0.15, -0.1) is 54.1 Å². The van der Waals surface area contributed by atoms with Gasteiger partial charge in [0.1, 0.15) is 5.58 Å². The molecule has 0 saturated carbocycles. The van der Waals surface area contributed by atoms with Gasteiger partial charge in [0, 0.05) is 37.4 Å². The van der Waals surface area contributed by atoms with Crippen LogP contribution in [0.1, 0.15) is 77.0 Å². The van der Waals surface area contributed by atoms with E-state index in [0.29, 0.717) is 11.8 Å². The molecule has 259 valence electrons. The van der Waals surface area contributed by atoms with Crippen molar-refractivity contribution in [2.24, 2.45) is 0 Å². The van der Waals surface area contributed by atoms with Crippen molar-refractivity contribution >= 4 is 33.0 Å². The molecule has 1 radical (unpaired) electrons. The molecule has 0 spiro atoms. The van der Waals surface area contributed by atoms with Crippen molar-refractivity contribution in [2.75, 3.05) is 0 Å². The molecule has 0 unspecified atom stereocenters. The van der Waals surface area contributed by atoms with Crippen molar-refractivity contribution in [3.63, 3.8) is 0 Å². The third-order valence-electron chi connectivity index (χ3n) is 9.26. The summed E-state index contributed by atoms with van der Waals surface area (Å²) in [6.45, 7) is 15.9. The Morgan fingerprint density at radius 3 is 2.06 bits per heavy atom. The molecule has 0 aliphatic carbocycles. The van der Waals surface area contributed by atoms with Crippen LogP contribution in [0.3, 0.4) is 0 Å². The number of imidazole rings is 1. The SMILES string of the molecule is CC(C)c1cccc(C(C)C)c1-n1c(-c2[c-]ccc3c2oc2ccccc23)nc2cccc(C(C)(C)C)c21.[Ir].[c-]1ccccc1-c1ccccn1. The minimum atomic E-state index is -0.0611. The van der Waals surface area contributed by atoms with Crippen LogP contribution in [0.2, 0.25) is 0 Å². The number of nitrogens with zero attached hydrogens (tertiary/aromatic N) is 3. The van der Waals surface area contributed by atoms with Gasteiger partial charge < -0.3 is 14.0 Å². The summed E-state index contributed by atoms with van der Waals surface area (Å²) in [5.41, 5.74) is 11.8. The van der Waals surface area contributed by atoms with Gasteiger partial charge in [0.05, 0.1) is 22.4 Å². The summed E-state index contributed by atoms with van der Waals surface area (Å²) < 4.78 is 8.91. The summed E-state index contributed by atoms with van der Waals surface area (Å²) >= 11 is 0. The average Bonchev–Trinajstić information content (AvgIpc) is 3.70. The molecule has 0 N–H and O–H groups in total. The van der Waals surface area contributed by atoms with E-state index in [1.807, 2.05) is 60.7 Å². The van der Waals surface area contributed by atoms with Gasteiger partial charge in [-0.2, -0.15) is 0 Å². The standard InChI is InChI=1S/C35H35N2O.C11H8N.Ir/c1-21(2)23-14-10-15-24(22(3)4)31(23)37-32-28(35(5,6)7)18-12-19-29(32)36-34(37)27-17-11-16-26-25-13-8-9-20-30(25)38-33(26)27;1-2-6-10(7-3-1)11-8-4-5-9-12-11;/h8-16,18-22H,1-7H3;1-6,8-9H;/q2*-1;. The Balaban J connectivity index is 0.000000291. The van der Waals surface area contributed by atoms with Gasteiger partial charge in [-0.3, -0.25) is 4.98 Å². The van der Waals surface area contributed by atoms with Crippen molar-refractivity contribution in [3.05, 3.63) is 150 Å². The van der Waals surface area contributed by atoms with Gasteiger partial charge in [-0.1, -0.05) is 120 Å². The van der Waals surface area contributed by atoms with Gasteiger partial charge in [0.2, 0.25) is 0 Å². The van der Waals surface area contributed by atoms with E-state index in [9.17, 15) is 0 Å². The Morgan fingerprint density at radius 1 is 0.686 bits per heavy atom. The molecule has 8 aromatic rings. The normalized spacial score (nSPS) is 11.6. The second-order valence-electron chi connectivity index (χ2n) is 14.5. The predicted molar refractivity (Wildman–Crippen MR) is 208 cm³/mol. The first-order valence-corrected chi connectivity index (χ1v) is 17.5. The Kier molecular flexibility index (Phi) is 10.4. The van der Waals surface area contributed by atoms with Gasteiger partial charge in [-0.05, 0) is 57.8 Å². The van der Waals surface area contributed by atoms with Crippen LogP contribution in [0.15, 0.2) is 126 Å². The fourth-order valence-corrected chi connectivity index (χ4v) is 6.82. The smallest absolute Gasteiger partial charge is 0.120 e. The summed E-state index contributed by atoms with van der Waals surface area (Å²) in [5.74, 6) is 1.57. The summed E-state index contributed by atoms with van der Waals surface area (Å²) in [6.07, 6.45) is 1.79. The molecule has 5 heteroatoms. The Bertz CT molecular complexity index is 2350. The predicted octanol–water partition coefficient (Wildman–Crippen LogP) is 12.5. The fourth-order valence-electron chi connectivity index (χ4n) is 6.82. The molecule has 3 heterocycles. The third kappa shape index (κ3) is 6.94. The average molecular weight is 846 g/mol. The van der Waals surface area contributed by atoms with E-state index in [0.717, 1.165) is 55.6 Å². The first-order valence-electron chi connectivity index (χ1n) is 17.5. The molecule has 0 saturated heterocycles. The Hall–Kier alpha value is -4.83. The fraction of sp³-hybridized carbons (Fsp3) is 0.217. The molecule has 0 bridgehead atoms. The van der Waals surface area contributed by atoms with Crippen molar-refractivity contribution in [1.82, 2.24) is 14.5 Å². The number of aromatic nitrogens is 3. The molecule has 0 atom stereocenters. The van der Waals surface area contributed by atoms with E-state index in [1.54, 1.807) is 6.20 Å². The van der Waals surface area contributed by atoms with Crippen LogP contribution in [0.5, 0.6) is 0 Å². The van der Waals surface area contributed by atoms with Gasteiger partial charge in [0.15, 0.2) is 0 Å². The third-order valence-corrected chi connectivity index (χ3v) is 9.26. The quantitative estimate of drug-likeness (QED) is 0.162. The second-order valence-corrected chi connectivity index (χ2v) is 14.5. The zero-order chi connectivity index (χ0) is 35.0. The largest absolute Gasteiger partial charge is 0.501 e. The second kappa shape index (κ2) is 14.8. The first kappa shape index (κ1) is 36.0. The van der Waals surface area contributed by atoms with Crippen LogP contribution >= 0.6 is 0 Å². The molecular weight excluding hydrogens is 803 g/mol. The number of hydrogen-bond acceptors (Lipinski definition) is 3. The van der Waals surface area contributed by atoms with E-state index < -0.39 is 0 Å². The Morgan fingerprint density at radius 2 is 1.39 bits per heavy atom. The topological polar surface area (TPSA) is 43.9 Å². The first-order chi connectivity index (χ1) is 24.1. The summed E-state index contributed by atoms with van der Waals surface area (Å²) in [4.78, 5) is 9.54. The minimum Gasteiger partial charge on any atom is -0.501 e. The van der Waals surface area contributed by atoms with E-state index >= 15 is 0 Å². The van der Waals surface area contributed by atoms with Crippen LogP contribution in [-0.4, -0.2) is 14.5 Å². The van der Waals surface area contributed by atoms with Crippen molar-refractivity contribution in [1.29, 1.82) is 0 Å². The molecular formula is C46H43IrN3O-2. The maximum absolute atomic E-state index is 6.49. The minimum absolute atomic E-state index is 0. The van der Waals surface area contributed by atoms with Crippen LogP contribution in [-0.2, 0) is 25.5 Å². The number of hydrogen-bond donors (Lipinski definition) is 0. The molecule has 5 aromatic carbocycles. The molecule has 3 aromatic heterocycles. The maximum atomic E-state index is 6.49. The zero-order valence-corrected chi connectivity index (χ0v) is 32.7. The summed E-state index contributed by atoms with van der Waals surface area (Å²) in [6, 6.07) is 46.0. The van der Waals surface area contributed by atoms with Crippen LogP contribution in [0.4, 0.5) is 0 Å². The molecule has 0 aliphatic rings. The van der Waals surface area contributed by atoms with E-state index in [4.69, 9.17) is 9.40 Å².